The van der Waals surface area contributed by atoms with Gasteiger partial charge in [0.05, 0.1) is 25.3 Å². The zero-order valence-corrected chi connectivity index (χ0v) is 10.8. The van der Waals surface area contributed by atoms with E-state index >= 15 is 0 Å². The lowest BCUT2D eigenvalue weighted by Gasteiger charge is -2.11. The molecule has 0 fully saturated rings. The van der Waals surface area contributed by atoms with Gasteiger partial charge in [-0.1, -0.05) is 0 Å². The van der Waals surface area contributed by atoms with Crippen LogP contribution in [0, 0.1) is 0 Å². The minimum absolute atomic E-state index is 0.0570. The molecule has 0 unspecified atom stereocenters. The van der Waals surface area contributed by atoms with Crippen LogP contribution in [0.1, 0.15) is 17.3 Å². The number of nitrogens with two attached hydrogens (primary N) is 1. The lowest BCUT2D eigenvalue weighted by Crippen LogP contribution is -2.11. The van der Waals surface area contributed by atoms with E-state index in [0.717, 1.165) is 0 Å². The van der Waals surface area contributed by atoms with E-state index < -0.39 is 5.63 Å². The highest BCUT2D eigenvalue weighted by Crippen LogP contribution is 2.37. The largest absolute Gasteiger partial charge is 0.494 e. The molecule has 0 spiro atoms. The van der Waals surface area contributed by atoms with Crippen molar-refractivity contribution in [3.8, 4) is 11.5 Å². The van der Waals surface area contributed by atoms with Crippen molar-refractivity contribution in [2.75, 3.05) is 20.0 Å². The van der Waals surface area contributed by atoms with Gasteiger partial charge in [-0.25, -0.2) is 4.79 Å². The molecule has 1 heterocycles. The van der Waals surface area contributed by atoms with Gasteiger partial charge in [0.25, 0.3) is 0 Å². The van der Waals surface area contributed by atoms with E-state index in [1.165, 1.54) is 33.3 Å². The van der Waals surface area contributed by atoms with E-state index in [4.69, 9.17) is 19.6 Å². The maximum absolute atomic E-state index is 11.7. The molecule has 2 aromatic rings. The van der Waals surface area contributed by atoms with Crippen LogP contribution in [0.5, 0.6) is 11.5 Å². The minimum atomic E-state index is -0.717. The number of ketones is 1. The Balaban J connectivity index is 2.97. The maximum atomic E-state index is 11.7. The van der Waals surface area contributed by atoms with Crippen LogP contribution in [-0.4, -0.2) is 20.0 Å². The van der Waals surface area contributed by atoms with Gasteiger partial charge >= 0.3 is 5.63 Å². The van der Waals surface area contributed by atoms with E-state index in [-0.39, 0.29) is 16.9 Å². The molecule has 0 saturated heterocycles. The fourth-order valence-corrected chi connectivity index (χ4v) is 1.88. The molecule has 100 valence electrons. The number of hydrogen-bond acceptors (Lipinski definition) is 6. The molecule has 6 nitrogen and oxygen atoms in total. The quantitative estimate of drug-likeness (QED) is 0.513. The first-order valence-electron chi connectivity index (χ1n) is 5.48. The Bertz CT molecular complexity index is 717. The Labute approximate surface area is 108 Å². The normalized spacial score (nSPS) is 10.5. The van der Waals surface area contributed by atoms with E-state index in [1.807, 2.05) is 0 Å². The zero-order valence-electron chi connectivity index (χ0n) is 10.8. The number of carbonyl (C=O) groups is 1. The fourth-order valence-electron chi connectivity index (χ4n) is 1.88. The molecule has 0 aliphatic carbocycles. The summed E-state index contributed by atoms with van der Waals surface area (Å²) in [5.74, 6) is 0.252. The van der Waals surface area contributed by atoms with Gasteiger partial charge in [0, 0.05) is 6.07 Å². The van der Waals surface area contributed by atoms with Crippen molar-refractivity contribution < 1.29 is 18.7 Å². The number of anilines is 1. The van der Waals surface area contributed by atoms with Crippen LogP contribution in [0.25, 0.3) is 11.0 Å². The second-order valence-electron chi connectivity index (χ2n) is 3.95. The lowest BCUT2D eigenvalue weighted by molar-refractivity contribution is 0.101. The summed E-state index contributed by atoms with van der Waals surface area (Å²) in [4.78, 5) is 23.1. The van der Waals surface area contributed by atoms with Gasteiger partial charge in [-0.2, -0.15) is 0 Å². The summed E-state index contributed by atoms with van der Waals surface area (Å²) in [6.45, 7) is 1.29. The molecule has 1 aromatic carbocycles. The number of fused-ring (bicyclic) bond motifs is 1. The molecule has 19 heavy (non-hydrogen) atoms. The fraction of sp³-hybridized carbons (Fsp3) is 0.231. The van der Waals surface area contributed by atoms with Gasteiger partial charge in [0.2, 0.25) is 0 Å². The van der Waals surface area contributed by atoms with E-state index in [1.54, 1.807) is 0 Å². The van der Waals surface area contributed by atoms with Crippen molar-refractivity contribution in [1.82, 2.24) is 0 Å². The molecule has 0 atom stereocenters. The van der Waals surface area contributed by atoms with Crippen molar-refractivity contribution in [3.05, 3.63) is 28.1 Å². The summed E-state index contributed by atoms with van der Waals surface area (Å²) in [6, 6.07) is 2.90. The summed E-state index contributed by atoms with van der Waals surface area (Å²) < 4.78 is 15.4. The Morgan fingerprint density at radius 3 is 2.47 bits per heavy atom. The van der Waals surface area contributed by atoms with Crippen molar-refractivity contribution in [2.45, 2.75) is 6.92 Å². The highest BCUT2D eigenvalue weighted by atomic mass is 16.5. The number of ether oxygens (including phenoxy) is 2. The molecule has 0 aliphatic rings. The first-order valence-corrected chi connectivity index (χ1v) is 5.48. The number of carbonyl (C=O) groups excluding carboxylic acids is 1. The highest BCUT2D eigenvalue weighted by Gasteiger charge is 2.18. The molecule has 2 rings (SSSR count). The zero-order chi connectivity index (χ0) is 14.2. The molecule has 1 aromatic heterocycles. The molecule has 0 saturated carbocycles. The predicted octanol–water partition coefficient (Wildman–Crippen LogP) is 1.59. The third-order valence-electron chi connectivity index (χ3n) is 2.77. The van der Waals surface area contributed by atoms with Crippen molar-refractivity contribution in [3.63, 3.8) is 0 Å². The second-order valence-corrected chi connectivity index (χ2v) is 3.95. The topological polar surface area (TPSA) is 91.8 Å². The third-order valence-corrected chi connectivity index (χ3v) is 2.77. The van der Waals surface area contributed by atoms with Gasteiger partial charge in [-0.15, -0.1) is 0 Å². The average Bonchev–Trinajstić information content (AvgIpc) is 2.37. The van der Waals surface area contributed by atoms with E-state index in [2.05, 4.69) is 0 Å². The number of rotatable bonds is 3. The molecule has 0 radical (unpaired) electrons. The van der Waals surface area contributed by atoms with Crippen LogP contribution >= 0.6 is 0 Å². The number of benzene rings is 1. The molecular weight excluding hydrogens is 250 g/mol. The second kappa shape index (κ2) is 4.64. The van der Waals surface area contributed by atoms with E-state index in [0.29, 0.717) is 22.6 Å². The monoisotopic (exact) mass is 263 g/mol. The van der Waals surface area contributed by atoms with Gasteiger partial charge in [0.15, 0.2) is 22.9 Å². The third kappa shape index (κ3) is 2.01. The molecule has 0 bridgehead atoms. The van der Waals surface area contributed by atoms with Crippen LogP contribution in [0.15, 0.2) is 21.3 Å². The van der Waals surface area contributed by atoms with Crippen molar-refractivity contribution in [1.29, 1.82) is 0 Å². The summed E-state index contributed by atoms with van der Waals surface area (Å²) in [6.07, 6.45) is 0. The molecule has 0 amide bonds. The van der Waals surface area contributed by atoms with Gasteiger partial charge in [-0.05, 0) is 13.0 Å². The Kier molecular flexibility index (Phi) is 3.16. The van der Waals surface area contributed by atoms with Crippen LogP contribution in [-0.2, 0) is 0 Å². The first-order chi connectivity index (χ1) is 8.99. The number of hydrogen-bond donors (Lipinski definition) is 1. The number of nitrogen functional groups attached to an aromatic ring is 1. The van der Waals surface area contributed by atoms with Crippen molar-refractivity contribution >= 4 is 22.4 Å². The van der Waals surface area contributed by atoms with Crippen LogP contribution in [0.2, 0.25) is 0 Å². The van der Waals surface area contributed by atoms with Crippen LogP contribution in [0.3, 0.4) is 0 Å². The maximum Gasteiger partial charge on any atom is 0.347 e. The minimum Gasteiger partial charge on any atom is -0.494 e. The smallest absolute Gasteiger partial charge is 0.347 e. The first kappa shape index (κ1) is 12.9. The van der Waals surface area contributed by atoms with Crippen LogP contribution < -0.4 is 20.8 Å². The summed E-state index contributed by atoms with van der Waals surface area (Å²) in [5.41, 5.74) is 5.58. The van der Waals surface area contributed by atoms with Crippen molar-refractivity contribution in [2.24, 2.45) is 0 Å². The summed E-state index contributed by atoms with van der Waals surface area (Å²) in [5, 5.41) is 0.421. The van der Waals surface area contributed by atoms with Gasteiger partial charge in [-0.3, -0.25) is 4.79 Å². The van der Waals surface area contributed by atoms with Crippen LogP contribution in [0.4, 0.5) is 5.69 Å². The lowest BCUT2D eigenvalue weighted by atomic mass is 10.1. The predicted molar refractivity (Wildman–Crippen MR) is 70.0 cm³/mol. The molecule has 6 heteroatoms. The Hall–Kier alpha value is -2.50. The highest BCUT2D eigenvalue weighted by molar-refractivity contribution is 6.00. The average molecular weight is 263 g/mol. The molecule has 2 N–H and O–H groups in total. The summed E-state index contributed by atoms with van der Waals surface area (Å²) >= 11 is 0. The number of Topliss-reactive ketones (excluding diaryl/α,β-unsaturated/α-hetero) is 1. The number of methoxy groups -OCH3 is 2. The van der Waals surface area contributed by atoms with Gasteiger partial charge in [0.1, 0.15) is 5.56 Å². The SMILES string of the molecule is COc1c(N)cc(OC)c2oc(=O)c(C(C)=O)cc12. The Morgan fingerprint density at radius 1 is 1.26 bits per heavy atom. The standard InChI is InChI=1S/C13H13NO5/c1-6(15)7-4-8-11(18-3)9(14)5-10(17-2)12(8)19-13(7)16/h4-5H,14H2,1-3H3. The Morgan fingerprint density at radius 2 is 1.95 bits per heavy atom. The molecular formula is C13H13NO5. The summed E-state index contributed by atoms with van der Waals surface area (Å²) in [7, 11) is 2.87. The van der Waals surface area contributed by atoms with E-state index in [9.17, 15) is 9.59 Å². The molecule has 0 aliphatic heterocycles. The van der Waals surface area contributed by atoms with Gasteiger partial charge < -0.3 is 19.6 Å².